The van der Waals surface area contributed by atoms with Crippen molar-refractivity contribution in [1.29, 1.82) is 0 Å². The van der Waals surface area contributed by atoms with Crippen molar-refractivity contribution < 1.29 is 9.90 Å². The summed E-state index contributed by atoms with van der Waals surface area (Å²) in [5.41, 5.74) is 1.97. The quantitative estimate of drug-likeness (QED) is 0.866. The van der Waals surface area contributed by atoms with Crippen molar-refractivity contribution in [3.05, 3.63) is 34.3 Å². The second kappa shape index (κ2) is 6.12. The summed E-state index contributed by atoms with van der Waals surface area (Å²) in [5, 5.41) is 9.65. The van der Waals surface area contributed by atoms with Crippen LogP contribution in [0.4, 0.5) is 0 Å². The third kappa shape index (κ3) is 3.41. The number of benzene rings is 1. The Labute approximate surface area is 123 Å². The minimum Gasteiger partial charge on any atom is -0.480 e. The zero-order valence-corrected chi connectivity index (χ0v) is 12.3. The number of rotatable bonds is 4. The van der Waals surface area contributed by atoms with Crippen molar-refractivity contribution in [2.45, 2.75) is 31.2 Å². The Morgan fingerprint density at radius 3 is 2.95 bits per heavy atom. The summed E-state index contributed by atoms with van der Waals surface area (Å²) in [5.74, 6) is -0.756. The normalized spacial score (nSPS) is 21.5. The van der Waals surface area contributed by atoms with Crippen molar-refractivity contribution in [2.24, 2.45) is 0 Å². The SMILES string of the molecule is Cc1cc(C(Cl)CN2CCCC2C(=O)O)ccc1Cl. The molecule has 1 fully saturated rings. The highest BCUT2D eigenvalue weighted by Gasteiger charge is 2.31. The molecular weight excluding hydrogens is 285 g/mol. The molecular formula is C14H17Cl2NO2. The molecule has 1 heterocycles. The highest BCUT2D eigenvalue weighted by atomic mass is 35.5. The van der Waals surface area contributed by atoms with Gasteiger partial charge in [-0.25, -0.2) is 0 Å². The lowest BCUT2D eigenvalue weighted by molar-refractivity contribution is -0.142. The van der Waals surface area contributed by atoms with Gasteiger partial charge >= 0.3 is 5.97 Å². The van der Waals surface area contributed by atoms with E-state index in [0.29, 0.717) is 13.0 Å². The number of hydrogen-bond acceptors (Lipinski definition) is 2. The number of carboxylic acid groups (broad SMARTS) is 1. The van der Waals surface area contributed by atoms with Crippen LogP contribution in [0.5, 0.6) is 0 Å². The number of halogens is 2. The number of likely N-dealkylation sites (tertiary alicyclic amines) is 1. The summed E-state index contributed by atoms with van der Waals surface area (Å²) >= 11 is 12.4. The van der Waals surface area contributed by atoms with Gasteiger partial charge < -0.3 is 5.11 Å². The Morgan fingerprint density at radius 2 is 2.32 bits per heavy atom. The molecule has 0 spiro atoms. The molecule has 0 aliphatic carbocycles. The standard InChI is InChI=1S/C14H17Cl2NO2/c1-9-7-10(4-5-11(9)15)12(16)8-17-6-2-3-13(17)14(18)19/h4-5,7,12-13H,2-3,6,8H2,1H3,(H,18,19). The van der Waals surface area contributed by atoms with Gasteiger partial charge in [0.15, 0.2) is 0 Å². The summed E-state index contributed by atoms with van der Waals surface area (Å²) in [6.07, 6.45) is 1.62. The van der Waals surface area contributed by atoms with Crippen LogP contribution in [0.1, 0.15) is 29.3 Å². The smallest absolute Gasteiger partial charge is 0.320 e. The van der Waals surface area contributed by atoms with Gasteiger partial charge in [0.25, 0.3) is 0 Å². The zero-order chi connectivity index (χ0) is 14.0. The molecule has 0 bridgehead atoms. The Bertz CT molecular complexity index is 479. The molecule has 1 saturated heterocycles. The molecule has 5 heteroatoms. The number of carboxylic acids is 1. The fraction of sp³-hybridized carbons (Fsp3) is 0.500. The van der Waals surface area contributed by atoms with E-state index in [0.717, 1.165) is 29.1 Å². The first-order valence-electron chi connectivity index (χ1n) is 6.36. The van der Waals surface area contributed by atoms with Crippen molar-refractivity contribution in [3.63, 3.8) is 0 Å². The summed E-state index contributed by atoms with van der Waals surface area (Å²) in [7, 11) is 0. The first-order valence-corrected chi connectivity index (χ1v) is 7.17. The van der Waals surface area contributed by atoms with Gasteiger partial charge in [-0.05, 0) is 43.5 Å². The Balaban J connectivity index is 2.06. The van der Waals surface area contributed by atoms with Gasteiger partial charge in [-0.3, -0.25) is 9.69 Å². The lowest BCUT2D eigenvalue weighted by atomic mass is 10.1. The minimum atomic E-state index is -0.756. The van der Waals surface area contributed by atoms with E-state index in [2.05, 4.69) is 0 Å². The van der Waals surface area contributed by atoms with Crippen LogP contribution in [-0.4, -0.2) is 35.1 Å². The lowest BCUT2D eigenvalue weighted by Crippen LogP contribution is -2.37. The van der Waals surface area contributed by atoms with Crippen LogP contribution in [0.25, 0.3) is 0 Å². The highest BCUT2D eigenvalue weighted by molar-refractivity contribution is 6.31. The van der Waals surface area contributed by atoms with Crippen LogP contribution >= 0.6 is 23.2 Å². The Morgan fingerprint density at radius 1 is 1.58 bits per heavy atom. The molecule has 2 atom stereocenters. The number of hydrogen-bond donors (Lipinski definition) is 1. The number of aryl methyl sites for hydroxylation is 1. The zero-order valence-electron chi connectivity index (χ0n) is 10.8. The van der Waals surface area contributed by atoms with Crippen LogP contribution in [0.15, 0.2) is 18.2 Å². The average molecular weight is 302 g/mol. The first-order chi connectivity index (χ1) is 8.99. The summed E-state index contributed by atoms with van der Waals surface area (Å²) in [6, 6.07) is 5.31. The van der Waals surface area contributed by atoms with Crippen molar-refractivity contribution in [1.82, 2.24) is 4.90 Å². The van der Waals surface area contributed by atoms with Crippen LogP contribution in [-0.2, 0) is 4.79 Å². The highest BCUT2D eigenvalue weighted by Crippen LogP contribution is 2.28. The van der Waals surface area contributed by atoms with E-state index >= 15 is 0 Å². The molecule has 1 aliphatic rings. The second-order valence-corrected chi connectivity index (χ2v) is 5.90. The molecule has 19 heavy (non-hydrogen) atoms. The van der Waals surface area contributed by atoms with Gasteiger partial charge in [-0.1, -0.05) is 23.7 Å². The molecule has 1 aliphatic heterocycles. The summed E-state index contributed by atoms with van der Waals surface area (Å²) in [6.45, 7) is 3.29. The summed E-state index contributed by atoms with van der Waals surface area (Å²) < 4.78 is 0. The monoisotopic (exact) mass is 301 g/mol. The van der Waals surface area contributed by atoms with Gasteiger partial charge in [-0.2, -0.15) is 0 Å². The topological polar surface area (TPSA) is 40.5 Å². The van der Waals surface area contributed by atoms with Crippen molar-refractivity contribution in [2.75, 3.05) is 13.1 Å². The van der Waals surface area contributed by atoms with Gasteiger partial charge in [-0.15, -0.1) is 11.6 Å². The molecule has 1 aromatic rings. The molecule has 2 rings (SSSR count). The Kier molecular flexibility index (Phi) is 4.71. The van der Waals surface area contributed by atoms with Crippen LogP contribution in [0, 0.1) is 6.92 Å². The lowest BCUT2D eigenvalue weighted by Gasteiger charge is -2.24. The molecule has 1 N–H and O–H groups in total. The van der Waals surface area contributed by atoms with Crippen molar-refractivity contribution in [3.8, 4) is 0 Å². The maximum atomic E-state index is 11.1. The number of aliphatic carboxylic acids is 1. The fourth-order valence-corrected chi connectivity index (χ4v) is 2.93. The molecule has 3 nitrogen and oxygen atoms in total. The van der Waals surface area contributed by atoms with Crippen molar-refractivity contribution >= 4 is 29.2 Å². The van der Waals surface area contributed by atoms with Gasteiger partial charge in [0.2, 0.25) is 0 Å². The fourth-order valence-electron chi connectivity index (χ4n) is 2.50. The molecule has 0 amide bonds. The second-order valence-electron chi connectivity index (χ2n) is 4.97. The van der Waals surface area contributed by atoms with E-state index in [-0.39, 0.29) is 5.38 Å². The number of carbonyl (C=O) groups is 1. The largest absolute Gasteiger partial charge is 0.480 e. The summed E-state index contributed by atoms with van der Waals surface area (Å²) in [4.78, 5) is 13.1. The predicted octanol–water partition coefficient (Wildman–Crippen LogP) is 3.48. The molecule has 0 saturated carbocycles. The van der Waals surface area contributed by atoms with E-state index in [4.69, 9.17) is 28.3 Å². The maximum absolute atomic E-state index is 11.1. The molecule has 0 aromatic heterocycles. The van der Waals surface area contributed by atoms with E-state index in [1.807, 2.05) is 30.0 Å². The first kappa shape index (κ1) is 14.6. The van der Waals surface area contributed by atoms with Gasteiger partial charge in [0.1, 0.15) is 6.04 Å². The molecule has 104 valence electrons. The molecule has 0 radical (unpaired) electrons. The van der Waals surface area contributed by atoms with Crippen LogP contribution in [0.3, 0.4) is 0 Å². The third-order valence-corrected chi connectivity index (χ3v) is 4.40. The van der Waals surface area contributed by atoms with Crippen LogP contribution in [0.2, 0.25) is 5.02 Å². The predicted molar refractivity (Wildman–Crippen MR) is 77.0 cm³/mol. The van der Waals surface area contributed by atoms with Gasteiger partial charge in [0.05, 0.1) is 5.38 Å². The maximum Gasteiger partial charge on any atom is 0.320 e. The Hall–Kier alpha value is -0.770. The van der Waals surface area contributed by atoms with E-state index in [9.17, 15) is 4.79 Å². The molecule has 2 unspecified atom stereocenters. The number of alkyl halides is 1. The minimum absolute atomic E-state index is 0.212. The van der Waals surface area contributed by atoms with Gasteiger partial charge in [0, 0.05) is 11.6 Å². The van der Waals surface area contributed by atoms with Crippen LogP contribution < -0.4 is 0 Å². The van der Waals surface area contributed by atoms with E-state index < -0.39 is 12.0 Å². The molecule has 1 aromatic carbocycles. The number of nitrogens with zero attached hydrogens (tertiary/aromatic N) is 1. The third-order valence-electron chi connectivity index (χ3n) is 3.59. The average Bonchev–Trinajstić information content (AvgIpc) is 2.80. The van der Waals surface area contributed by atoms with E-state index in [1.54, 1.807) is 0 Å². The van der Waals surface area contributed by atoms with E-state index in [1.165, 1.54) is 0 Å².